The third kappa shape index (κ3) is 8.44. The number of benzene rings is 3. The van der Waals surface area contributed by atoms with E-state index >= 15 is 0 Å². The van der Waals surface area contributed by atoms with Gasteiger partial charge in [-0.1, -0.05) is 61.4 Å². The summed E-state index contributed by atoms with van der Waals surface area (Å²) in [5.74, 6) is -3.08. The minimum Gasteiger partial charge on any atom is -0.491 e. The fourth-order valence-electron chi connectivity index (χ4n) is 4.25. The molecule has 3 rings (SSSR count). The molecule has 1 nitrogen and oxygen atoms in total. The molecule has 198 valence electrons. The lowest BCUT2D eigenvalue weighted by Gasteiger charge is -2.10. The fraction of sp³-hybridized carbons (Fsp3) is 0.355. The van der Waals surface area contributed by atoms with Crippen LogP contribution in [-0.2, 0) is 19.3 Å². The maximum atomic E-state index is 14.9. The van der Waals surface area contributed by atoms with Crippen molar-refractivity contribution in [2.45, 2.75) is 58.3 Å². The number of hydrogen-bond acceptors (Lipinski definition) is 1. The van der Waals surface area contributed by atoms with Crippen molar-refractivity contribution in [2.24, 2.45) is 0 Å². The van der Waals surface area contributed by atoms with Gasteiger partial charge in [0.05, 0.1) is 6.61 Å². The number of alkyl halides is 1. The maximum absolute atomic E-state index is 14.9. The first-order valence-corrected chi connectivity index (χ1v) is 12.8. The third-order valence-corrected chi connectivity index (χ3v) is 6.32. The fourth-order valence-corrected chi connectivity index (χ4v) is 4.25. The minimum atomic E-state index is -1.03. The second-order valence-electron chi connectivity index (χ2n) is 9.03. The van der Waals surface area contributed by atoms with E-state index in [2.05, 4.69) is 0 Å². The van der Waals surface area contributed by atoms with Gasteiger partial charge in [-0.25, -0.2) is 17.6 Å². The van der Waals surface area contributed by atoms with E-state index in [9.17, 15) is 22.0 Å². The van der Waals surface area contributed by atoms with Crippen LogP contribution in [-0.4, -0.2) is 13.3 Å². The summed E-state index contributed by atoms with van der Waals surface area (Å²) in [6.45, 7) is 0.917. The van der Waals surface area contributed by atoms with Crippen molar-refractivity contribution in [3.63, 3.8) is 0 Å². The summed E-state index contributed by atoms with van der Waals surface area (Å²) in [4.78, 5) is 0. The molecule has 0 spiro atoms. The molecule has 6 heteroatoms. The lowest BCUT2D eigenvalue weighted by atomic mass is 9.98. The summed E-state index contributed by atoms with van der Waals surface area (Å²) in [6, 6.07) is 15.7. The molecule has 0 amide bonds. The molecule has 0 heterocycles. The number of unbranched alkanes of at least 4 members (excludes halogenated alkanes) is 4. The van der Waals surface area contributed by atoms with E-state index in [1.54, 1.807) is 13.0 Å². The number of rotatable bonds is 14. The van der Waals surface area contributed by atoms with Gasteiger partial charge in [0.15, 0.2) is 11.6 Å². The Morgan fingerprint density at radius 1 is 0.784 bits per heavy atom. The van der Waals surface area contributed by atoms with Gasteiger partial charge in [-0.15, -0.1) is 0 Å². The number of halogens is 5. The first-order valence-electron chi connectivity index (χ1n) is 12.8. The van der Waals surface area contributed by atoms with Gasteiger partial charge in [-0.05, 0) is 79.8 Å². The van der Waals surface area contributed by atoms with Crippen molar-refractivity contribution in [1.29, 1.82) is 0 Å². The zero-order valence-corrected chi connectivity index (χ0v) is 21.1. The van der Waals surface area contributed by atoms with E-state index in [1.807, 2.05) is 30.3 Å². The summed E-state index contributed by atoms with van der Waals surface area (Å²) >= 11 is 0. The standard InChI is InChI=1S/C31H33F5O/c1-2-37-29-19-17-25(30(35)31(29)36)16-12-23-13-18-27(28(34)20-23)24-14-10-22(11-15-24)8-6-4-3-5-7-9-26(33)21-32/h9-11,13-15,17-20H,2-8,12,16,21H2,1H3. The van der Waals surface area contributed by atoms with E-state index in [1.165, 1.54) is 24.3 Å². The smallest absolute Gasteiger partial charge is 0.200 e. The Morgan fingerprint density at radius 3 is 2.22 bits per heavy atom. The number of hydrogen-bond donors (Lipinski definition) is 0. The maximum Gasteiger partial charge on any atom is 0.200 e. The predicted molar refractivity (Wildman–Crippen MR) is 139 cm³/mol. The van der Waals surface area contributed by atoms with Crippen molar-refractivity contribution in [2.75, 3.05) is 13.3 Å². The van der Waals surface area contributed by atoms with Crippen molar-refractivity contribution in [3.8, 4) is 16.9 Å². The van der Waals surface area contributed by atoms with Gasteiger partial charge in [-0.2, -0.15) is 4.39 Å². The highest BCUT2D eigenvalue weighted by Crippen LogP contribution is 2.27. The average molecular weight is 517 g/mol. The van der Waals surface area contributed by atoms with Crippen LogP contribution in [0.5, 0.6) is 5.75 Å². The van der Waals surface area contributed by atoms with E-state index in [0.29, 0.717) is 24.0 Å². The topological polar surface area (TPSA) is 9.23 Å². The number of ether oxygens (including phenoxy) is 1. The SMILES string of the molecule is CCOc1ccc(CCc2ccc(-c3ccc(CCCCCCC=C(F)CF)cc3)c(F)c2)c(F)c1F. The predicted octanol–water partition coefficient (Wildman–Crippen LogP) is 9.27. The van der Waals surface area contributed by atoms with Crippen LogP contribution in [0.4, 0.5) is 22.0 Å². The first-order chi connectivity index (χ1) is 17.9. The third-order valence-electron chi connectivity index (χ3n) is 6.32. The quantitative estimate of drug-likeness (QED) is 0.153. The Hall–Kier alpha value is -3.15. The molecule has 0 saturated carbocycles. The number of aryl methyl sites for hydroxylation is 3. The second kappa shape index (κ2) is 14.6. The monoisotopic (exact) mass is 516 g/mol. The van der Waals surface area contributed by atoms with Crippen molar-refractivity contribution in [3.05, 3.63) is 101 Å². The molecule has 0 unspecified atom stereocenters. The van der Waals surface area contributed by atoms with Gasteiger partial charge in [0, 0.05) is 5.56 Å². The van der Waals surface area contributed by atoms with Gasteiger partial charge in [0.1, 0.15) is 18.3 Å². The highest BCUT2D eigenvalue weighted by molar-refractivity contribution is 5.64. The van der Waals surface area contributed by atoms with Crippen molar-refractivity contribution < 1.29 is 26.7 Å². The van der Waals surface area contributed by atoms with E-state index in [0.717, 1.165) is 43.2 Å². The van der Waals surface area contributed by atoms with Gasteiger partial charge in [-0.3, -0.25) is 0 Å². The molecular formula is C31H33F5O. The van der Waals surface area contributed by atoms with Crippen LogP contribution in [0.15, 0.2) is 66.5 Å². The highest BCUT2D eigenvalue weighted by atomic mass is 19.2. The lowest BCUT2D eigenvalue weighted by Crippen LogP contribution is -2.02. The Balaban J connectivity index is 1.50. The summed E-state index contributed by atoms with van der Waals surface area (Å²) < 4.78 is 73.1. The lowest BCUT2D eigenvalue weighted by molar-refractivity contribution is 0.313. The van der Waals surface area contributed by atoms with Gasteiger partial charge in [0.25, 0.3) is 0 Å². The molecule has 0 radical (unpaired) electrons. The summed E-state index contributed by atoms with van der Waals surface area (Å²) in [5, 5.41) is 0. The summed E-state index contributed by atoms with van der Waals surface area (Å²) in [5.41, 5.74) is 3.35. The summed E-state index contributed by atoms with van der Waals surface area (Å²) in [6.07, 6.45) is 7.21. The van der Waals surface area contributed by atoms with Gasteiger partial charge < -0.3 is 4.74 Å². The van der Waals surface area contributed by atoms with Crippen LogP contribution < -0.4 is 4.74 Å². The molecule has 3 aromatic carbocycles. The molecule has 37 heavy (non-hydrogen) atoms. The Labute approximate surface area is 216 Å². The van der Waals surface area contributed by atoms with Crippen LogP contribution in [0.1, 0.15) is 55.7 Å². The minimum absolute atomic E-state index is 0.109. The van der Waals surface area contributed by atoms with Gasteiger partial charge >= 0.3 is 0 Å². The highest BCUT2D eigenvalue weighted by Gasteiger charge is 2.15. The molecule has 0 fully saturated rings. The molecule has 0 saturated heterocycles. The molecule has 0 bridgehead atoms. The summed E-state index contributed by atoms with van der Waals surface area (Å²) in [7, 11) is 0. The second-order valence-corrected chi connectivity index (χ2v) is 9.03. The molecule has 0 N–H and O–H groups in total. The zero-order valence-electron chi connectivity index (χ0n) is 21.1. The molecule has 0 aromatic heterocycles. The van der Waals surface area contributed by atoms with Crippen molar-refractivity contribution >= 4 is 0 Å². The van der Waals surface area contributed by atoms with Crippen LogP contribution in [0.3, 0.4) is 0 Å². The van der Waals surface area contributed by atoms with E-state index in [4.69, 9.17) is 4.74 Å². The van der Waals surface area contributed by atoms with Crippen LogP contribution >= 0.6 is 0 Å². The first kappa shape index (κ1) is 28.4. The van der Waals surface area contributed by atoms with E-state index in [-0.39, 0.29) is 30.2 Å². The van der Waals surface area contributed by atoms with Crippen LogP contribution in [0, 0.1) is 17.5 Å². The molecule has 0 aliphatic carbocycles. The average Bonchev–Trinajstić information content (AvgIpc) is 2.91. The zero-order chi connectivity index (χ0) is 26.6. The van der Waals surface area contributed by atoms with Crippen LogP contribution in [0.2, 0.25) is 0 Å². The normalized spacial score (nSPS) is 11.7. The van der Waals surface area contributed by atoms with Crippen molar-refractivity contribution in [1.82, 2.24) is 0 Å². The largest absolute Gasteiger partial charge is 0.491 e. The molecular weight excluding hydrogens is 483 g/mol. The Kier molecular flexibility index (Phi) is 11.2. The van der Waals surface area contributed by atoms with E-state index < -0.39 is 24.1 Å². The molecule has 3 aromatic rings. The Morgan fingerprint density at radius 2 is 1.51 bits per heavy atom. The Bertz CT molecular complexity index is 1170. The van der Waals surface area contributed by atoms with Crippen LogP contribution in [0.25, 0.3) is 11.1 Å². The molecule has 0 atom stereocenters. The van der Waals surface area contributed by atoms with Gasteiger partial charge in [0.2, 0.25) is 5.82 Å². The number of allylic oxidation sites excluding steroid dienone is 2. The molecule has 0 aliphatic heterocycles. The molecule has 0 aliphatic rings.